The van der Waals surface area contributed by atoms with E-state index in [2.05, 4.69) is 64.3 Å². The highest BCUT2D eigenvalue weighted by atomic mass is 127. The van der Waals surface area contributed by atoms with Crippen LogP contribution in [0.15, 0.2) is 65.0 Å². The second-order valence-electron chi connectivity index (χ2n) is 5.72. The normalized spacial score (nSPS) is 10.9. The minimum absolute atomic E-state index is 0. The van der Waals surface area contributed by atoms with Crippen molar-refractivity contribution >= 4 is 41.3 Å². The summed E-state index contributed by atoms with van der Waals surface area (Å²) in [5.41, 5.74) is 4.71. The molecule has 0 fully saturated rings. The van der Waals surface area contributed by atoms with Crippen molar-refractivity contribution in [2.75, 3.05) is 7.05 Å². The third kappa shape index (κ3) is 5.54. The first kappa shape index (κ1) is 20.4. The largest absolute Gasteiger partial charge is 0.352 e. The van der Waals surface area contributed by atoms with E-state index in [0.717, 1.165) is 28.8 Å². The molecule has 2 aromatic carbocycles. The zero-order valence-corrected chi connectivity index (χ0v) is 18.0. The predicted molar refractivity (Wildman–Crippen MR) is 121 cm³/mol. The Balaban J connectivity index is 0.00000243. The smallest absolute Gasteiger partial charge is 0.191 e. The van der Waals surface area contributed by atoms with Crippen molar-refractivity contribution in [3.8, 4) is 10.6 Å². The van der Waals surface area contributed by atoms with Crippen molar-refractivity contribution in [2.45, 2.75) is 20.0 Å². The zero-order valence-electron chi connectivity index (χ0n) is 14.9. The van der Waals surface area contributed by atoms with Crippen LogP contribution in [0.25, 0.3) is 10.6 Å². The molecule has 0 amide bonds. The number of aliphatic imine (C=N–C) groups is 1. The van der Waals surface area contributed by atoms with E-state index in [4.69, 9.17) is 4.98 Å². The third-order valence-corrected chi connectivity index (χ3v) is 4.88. The fourth-order valence-corrected chi connectivity index (χ4v) is 3.31. The highest BCUT2D eigenvalue weighted by Gasteiger charge is 2.05. The van der Waals surface area contributed by atoms with Gasteiger partial charge in [0.15, 0.2) is 5.96 Å². The molecule has 3 rings (SSSR count). The van der Waals surface area contributed by atoms with Crippen LogP contribution < -0.4 is 10.6 Å². The average Bonchev–Trinajstić information content (AvgIpc) is 3.13. The van der Waals surface area contributed by atoms with Crippen molar-refractivity contribution < 1.29 is 0 Å². The number of nitrogens with zero attached hydrogens (tertiary/aromatic N) is 2. The summed E-state index contributed by atoms with van der Waals surface area (Å²) in [5, 5.41) is 9.80. The number of hydrogen-bond donors (Lipinski definition) is 2. The Morgan fingerprint density at radius 3 is 2.42 bits per heavy atom. The van der Waals surface area contributed by atoms with E-state index in [-0.39, 0.29) is 24.0 Å². The topological polar surface area (TPSA) is 49.3 Å². The maximum Gasteiger partial charge on any atom is 0.191 e. The standard InChI is InChI=1S/C20H22N4S.HI/c1-15-8-6-7-11-17(15)12-22-20(21-2)23-13-18-14-25-19(24-18)16-9-4-3-5-10-16;/h3-11,14H,12-13H2,1-2H3,(H2,21,22,23);1H. The lowest BCUT2D eigenvalue weighted by Gasteiger charge is -2.12. The molecule has 3 aromatic rings. The van der Waals surface area contributed by atoms with E-state index in [1.165, 1.54) is 11.1 Å². The van der Waals surface area contributed by atoms with Crippen LogP contribution in [0.5, 0.6) is 0 Å². The molecular formula is C20H23IN4S. The van der Waals surface area contributed by atoms with Gasteiger partial charge in [0.2, 0.25) is 0 Å². The van der Waals surface area contributed by atoms with Crippen LogP contribution >= 0.6 is 35.3 Å². The van der Waals surface area contributed by atoms with Crippen LogP contribution in [-0.2, 0) is 13.1 Å². The minimum atomic E-state index is 0. The van der Waals surface area contributed by atoms with Crippen molar-refractivity contribution in [2.24, 2.45) is 4.99 Å². The SMILES string of the molecule is CN=C(NCc1csc(-c2ccccc2)n1)NCc1ccccc1C.I. The number of hydrogen-bond acceptors (Lipinski definition) is 3. The van der Waals surface area contributed by atoms with Crippen LogP contribution in [0.3, 0.4) is 0 Å². The second-order valence-corrected chi connectivity index (χ2v) is 6.57. The number of halogens is 1. The Hall–Kier alpha value is -1.93. The molecule has 1 heterocycles. The van der Waals surface area contributed by atoms with Gasteiger partial charge in [0, 0.05) is 24.5 Å². The molecule has 0 bridgehead atoms. The summed E-state index contributed by atoms with van der Waals surface area (Å²) in [7, 11) is 1.78. The fourth-order valence-electron chi connectivity index (χ4n) is 2.48. The highest BCUT2D eigenvalue weighted by molar-refractivity contribution is 14.0. The molecule has 0 aliphatic rings. The van der Waals surface area contributed by atoms with E-state index < -0.39 is 0 Å². The van der Waals surface area contributed by atoms with Crippen LogP contribution in [0.1, 0.15) is 16.8 Å². The van der Waals surface area contributed by atoms with Crippen LogP contribution in [0.4, 0.5) is 0 Å². The summed E-state index contributed by atoms with van der Waals surface area (Å²) in [6.45, 7) is 3.52. The van der Waals surface area contributed by atoms with E-state index in [1.54, 1.807) is 18.4 Å². The number of nitrogens with one attached hydrogen (secondary N) is 2. The number of aromatic nitrogens is 1. The maximum absolute atomic E-state index is 4.69. The number of rotatable bonds is 5. The quantitative estimate of drug-likeness (QED) is 0.320. The number of benzene rings is 2. The number of guanidine groups is 1. The van der Waals surface area contributed by atoms with Crippen molar-refractivity contribution in [1.29, 1.82) is 0 Å². The fraction of sp³-hybridized carbons (Fsp3) is 0.200. The summed E-state index contributed by atoms with van der Waals surface area (Å²) in [5.74, 6) is 0.775. The van der Waals surface area contributed by atoms with Gasteiger partial charge in [-0.05, 0) is 18.1 Å². The summed E-state index contributed by atoms with van der Waals surface area (Å²) in [6.07, 6.45) is 0. The Labute approximate surface area is 175 Å². The van der Waals surface area contributed by atoms with E-state index in [1.807, 2.05) is 18.2 Å². The maximum atomic E-state index is 4.69. The Bertz CT molecular complexity index is 846. The van der Waals surface area contributed by atoms with Gasteiger partial charge >= 0.3 is 0 Å². The first-order chi connectivity index (χ1) is 12.3. The Morgan fingerprint density at radius 1 is 1.00 bits per heavy atom. The van der Waals surface area contributed by atoms with E-state index in [0.29, 0.717) is 6.54 Å². The summed E-state index contributed by atoms with van der Waals surface area (Å²) >= 11 is 1.66. The van der Waals surface area contributed by atoms with Crippen molar-refractivity contribution in [1.82, 2.24) is 15.6 Å². The minimum Gasteiger partial charge on any atom is -0.352 e. The molecule has 6 heteroatoms. The lowest BCUT2D eigenvalue weighted by atomic mass is 10.1. The molecule has 1 aromatic heterocycles. The van der Waals surface area contributed by atoms with Gasteiger partial charge in [-0.15, -0.1) is 35.3 Å². The van der Waals surface area contributed by atoms with Crippen molar-refractivity contribution in [3.63, 3.8) is 0 Å². The lowest BCUT2D eigenvalue weighted by molar-refractivity contribution is 0.796. The van der Waals surface area contributed by atoms with Gasteiger partial charge in [-0.25, -0.2) is 4.98 Å². The molecule has 4 nitrogen and oxygen atoms in total. The number of thiazole rings is 1. The summed E-state index contributed by atoms with van der Waals surface area (Å²) in [6, 6.07) is 18.6. The second kappa shape index (κ2) is 10.3. The first-order valence-corrected chi connectivity index (χ1v) is 9.13. The first-order valence-electron chi connectivity index (χ1n) is 8.25. The van der Waals surface area contributed by atoms with Crippen LogP contribution in [-0.4, -0.2) is 18.0 Å². The molecular weight excluding hydrogens is 455 g/mol. The van der Waals surface area contributed by atoms with Gasteiger partial charge in [0.1, 0.15) is 5.01 Å². The molecule has 0 aliphatic carbocycles. The molecule has 0 saturated heterocycles. The Kier molecular flexibility index (Phi) is 8.06. The molecule has 0 atom stereocenters. The van der Waals surface area contributed by atoms with Gasteiger partial charge in [-0.3, -0.25) is 4.99 Å². The van der Waals surface area contributed by atoms with Crippen LogP contribution in [0, 0.1) is 6.92 Å². The van der Waals surface area contributed by atoms with E-state index >= 15 is 0 Å². The third-order valence-electron chi connectivity index (χ3n) is 3.94. The summed E-state index contributed by atoms with van der Waals surface area (Å²) in [4.78, 5) is 8.98. The molecule has 0 unspecified atom stereocenters. The molecule has 0 saturated carbocycles. The van der Waals surface area contributed by atoms with Gasteiger partial charge in [0.05, 0.1) is 12.2 Å². The highest BCUT2D eigenvalue weighted by Crippen LogP contribution is 2.23. The zero-order chi connectivity index (χ0) is 17.5. The van der Waals surface area contributed by atoms with Gasteiger partial charge in [-0.1, -0.05) is 54.6 Å². The Morgan fingerprint density at radius 2 is 1.69 bits per heavy atom. The molecule has 0 radical (unpaired) electrons. The molecule has 0 spiro atoms. The lowest BCUT2D eigenvalue weighted by Crippen LogP contribution is -2.36. The van der Waals surface area contributed by atoms with Gasteiger partial charge in [0.25, 0.3) is 0 Å². The molecule has 0 aliphatic heterocycles. The molecule has 136 valence electrons. The van der Waals surface area contributed by atoms with E-state index in [9.17, 15) is 0 Å². The average molecular weight is 478 g/mol. The summed E-state index contributed by atoms with van der Waals surface area (Å²) < 4.78 is 0. The van der Waals surface area contributed by atoms with Gasteiger partial charge in [-0.2, -0.15) is 0 Å². The number of aryl methyl sites for hydroxylation is 1. The van der Waals surface area contributed by atoms with Crippen molar-refractivity contribution in [3.05, 3.63) is 76.8 Å². The monoisotopic (exact) mass is 478 g/mol. The van der Waals surface area contributed by atoms with Crippen LogP contribution in [0.2, 0.25) is 0 Å². The predicted octanol–water partition coefficient (Wildman–Crippen LogP) is 4.60. The molecule has 26 heavy (non-hydrogen) atoms. The van der Waals surface area contributed by atoms with Gasteiger partial charge < -0.3 is 10.6 Å². The molecule has 2 N–H and O–H groups in total.